The van der Waals surface area contributed by atoms with Gasteiger partial charge in [-0.1, -0.05) is 0 Å². The van der Waals surface area contributed by atoms with Crippen LogP contribution in [-0.4, -0.2) is 107 Å². The predicted octanol–water partition coefficient (Wildman–Crippen LogP) is -1.11. The van der Waals surface area contributed by atoms with Crippen LogP contribution in [0.15, 0.2) is 0 Å². The van der Waals surface area contributed by atoms with Gasteiger partial charge in [-0.15, -0.1) is 0 Å². The highest BCUT2D eigenvalue weighted by Gasteiger charge is 2.64. The topological polar surface area (TPSA) is 235 Å². The molecule has 0 bridgehead atoms. The molecule has 0 aliphatic heterocycles. The maximum Gasteiger partial charge on any atom is 0.377 e. The Bertz CT molecular complexity index is 700. The van der Waals surface area contributed by atoms with Gasteiger partial charge in [-0.25, -0.2) is 0 Å². The number of nitrogens with one attached hydrogen (secondary N) is 1. The molecule has 0 aliphatic carbocycles. The van der Waals surface area contributed by atoms with Crippen LogP contribution < -0.4 is 5.32 Å². The number of amides is 1. The zero-order chi connectivity index (χ0) is 26.8. The van der Waals surface area contributed by atoms with Crippen LogP contribution in [0.1, 0.15) is 32.1 Å². The van der Waals surface area contributed by atoms with Crippen LogP contribution in [0.2, 0.25) is 0 Å². The number of Topliss-reactive ketones (excluding diaryl/α,β-unsaturated/α-hetero) is 1. The molecule has 35 heavy (non-hydrogen) atoms. The first-order chi connectivity index (χ1) is 16.4. The number of hydrogen-bond donors (Lipinski definition) is 6. The number of aldehydes is 1. The lowest BCUT2D eigenvalue weighted by molar-refractivity contribution is -0.127. The number of unbranched alkanes of at least 4 members (excludes halogenated alkanes) is 1. The van der Waals surface area contributed by atoms with Crippen molar-refractivity contribution in [2.45, 2.75) is 37.2 Å². The molecular weight excluding hydrogens is 516 g/mol. The fourth-order valence-electron chi connectivity index (χ4n) is 2.45. The summed E-state index contributed by atoms with van der Waals surface area (Å²) in [6, 6.07) is 0. The number of carbonyl (C=O) groups excluding carboxylic acids is 3. The lowest BCUT2D eigenvalue weighted by Crippen LogP contribution is -2.38. The highest BCUT2D eigenvalue weighted by atomic mass is 31.2. The fraction of sp³-hybridized carbons (Fsp3) is 0.833. The van der Waals surface area contributed by atoms with E-state index in [1.807, 2.05) is 0 Å². The van der Waals surface area contributed by atoms with Gasteiger partial charge in [0.15, 0.2) is 5.78 Å². The lowest BCUT2D eigenvalue weighted by atomic mass is 10.2. The molecular formula is C18H35NO14P2. The van der Waals surface area contributed by atoms with E-state index in [1.165, 1.54) is 0 Å². The molecule has 0 rings (SSSR count). The van der Waals surface area contributed by atoms with Crippen LogP contribution in [0.4, 0.5) is 0 Å². The number of carbonyl (C=O) groups is 3. The summed E-state index contributed by atoms with van der Waals surface area (Å²) in [5.74, 6) is -2.28. The van der Waals surface area contributed by atoms with Crippen molar-refractivity contribution in [2.75, 3.05) is 59.4 Å². The minimum absolute atomic E-state index is 0.137. The zero-order valence-electron chi connectivity index (χ0n) is 19.3. The molecule has 15 nitrogen and oxygen atoms in total. The van der Waals surface area contributed by atoms with E-state index in [4.69, 9.17) is 38.5 Å². The molecule has 206 valence electrons. The Morgan fingerprint density at radius 1 is 0.743 bits per heavy atom. The Morgan fingerprint density at radius 2 is 1.20 bits per heavy atom. The smallest absolute Gasteiger partial charge is 0.377 e. The minimum atomic E-state index is -5.88. The number of aliphatic hydroxyl groups is 1. The summed E-state index contributed by atoms with van der Waals surface area (Å²) in [5.41, 5.74) is 0. The second-order valence-electron chi connectivity index (χ2n) is 7.11. The number of rotatable bonds is 23. The first-order valence-electron chi connectivity index (χ1n) is 10.8. The van der Waals surface area contributed by atoms with Gasteiger partial charge in [0.05, 0.1) is 46.2 Å². The SMILES string of the molecule is O=CCCCOCCOCCOCCOCCNC(=O)CCCC(=O)C(O)(P(=O)(O)O)P(=O)(O)O. The van der Waals surface area contributed by atoms with E-state index in [0.717, 1.165) is 6.29 Å². The van der Waals surface area contributed by atoms with Crippen molar-refractivity contribution in [3.8, 4) is 0 Å². The van der Waals surface area contributed by atoms with Crippen LogP contribution in [0.3, 0.4) is 0 Å². The van der Waals surface area contributed by atoms with Gasteiger partial charge in [0, 0.05) is 32.4 Å². The van der Waals surface area contributed by atoms with E-state index in [2.05, 4.69) is 5.32 Å². The molecule has 0 aromatic rings. The number of ketones is 1. The number of hydrogen-bond acceptors (Lipinski definition) is 10. The second kappa shape index (κ2) is 18.2. The van der Waals surface area contributed by atoms with Crippen LogP contribution >= 0.6 is 15.2 Å². The average Bonchev–Trinajstić information content (AvgIpc) is 2.76. The maximum absolute atomic E-state index is 11.8. The summed E-state index contributed by atoms with van der Waals surface area (Å²) < 4.78 is 43.5. The summed E-state index contributed by atoms with van der Waals surface area (Å²) >= 11 is 0. The summed E-state index contributed by atoms with van der Waals surface area (Å²) in [6.07, 6.45) is 0.602. The monoisotopic (exact) mass is 551 g/mol. The Balaban J connectivity index is 3.73. The molecule has 1 amide bonds. The van der Waals surface area contributed by atoms with Crippen LogP contribution in [0, 0.1) is 0 Å². The van der Waals surface area contributed by atoms with E-state index >= 15 is 0 Å². The molecule has 0 aliphatic rings. The molecule has 0 aromatic carbocycles. The van der Waals surface area contributed by atoms with E-state index in [1.54, 1.807) is 0 Å². The molecule has 0 aromatic heterocycles. The molecule has 0 fully saturated rings. The van der Waals surface area contributed by atoms with E-state index in [-0.39, 0.29) is 32.6 Å². The Labute approximate surface area is 202 Å². The molecule has 0 saturated carbocycles. The first-order valence-corrected chi connectivity index (χ1v) is 14.0. The van der Waals surface area contributed by atoms with Gasteiger partial charge in [0.1, 0.15) is 6.29 Å². The van der Waals surface area contributed by atoms with E-state index in [0.29, 0.717) is 52.5 Å². The van der Waals surface area contributed by atoms with Gasteiger partial charge in [-0.05, 0) is 12.8 Å². The standard InChI is InChI=1S/C18H35NO14P2/c20-7-1-2-8-30-10-12-32-14-15-33-13-11-31-9-6-19-17(22)5-3-4-16(21)18(23,34(24,25)26)35(27,28)29/h7,23H,1-6,8-15H2,(H,19,22)(H2,24,25,26)(H2,27,28,29). The van der Waals surface area contributed by atoms with Crippen molar-refractivity contribution in [1.82, 2.24) is 5.32 Å². The molecule has 0 heterocycles. The molecule has 0 radical (unpaired) electrons. The largest absolute Gasteiger partial charge is 0.379 e. The van der Waals surface area contributed by atoms with Crippen LogP contribution in [0.5, 0.6) is 0 Å². The summed E-state index contributed by atoms with van der Waals surface area (Å²) in [5, 5.41) is 7.99. The number of ether oxygens (including phenoxy) is 4. The van der Waals surface area contributed by atoms with Gasteiger partial charge >= 0.3 is 20.3 Å². The maximum atomic E-state index is 11.8. The highest BCUT2D eigenvalue weighted by molar-refractivity contribution is 7.73. The zero-order valence-corrected chi connectivity index (χ0v) is 21.1. The van der Waals surface area contributed by atoms with Crippen molar-refractivity contribution in [3.05, 3.63) is 0 Å². The average molecular weight is 551 g/mol. The quantitative estimate of drug-likeness (QED) is 0.0502. The fourth-order valence-corrected chi connectivity index (χ4v) is 4.68. The minimum Gasteiger partial charge on any atom is -0.379 e. The van der Waals surface area contributed by atoms with Gasteiger partial charge in [-0.3, -0.25) is 18.7 Å². The van der Waals surface area contributed by atoms with E-state index in [9.17, 15) is 28.6 Å². The highest BCUT2D eigenvalue weighted by Crippen LogP contribution is 2.68. The second-order valence-corrected chi connectivity index (χ2v) is 10.9. The first kappa shape index (κ1) is 33.9. The predicted molar refractivity (Wildman–Crippen MR) is 119 cm³/mol. The van der Waals surface area contributed by atoms with Crippen LogP contribution in [-0.2, 0) is 42.5 Å². The Morgan fingerprint density at radius 3 is 1.66 bits per heavy atom. The van der Waals surface area contributed by atoms with Gasteiger partial charge in [0.25, 0.3) is 0 Å². The van der Waals surface area contributed by atoms with Gasteiger partial charge in [0.2, 0.25) is 5.91 Å². The molecule has 17 heteroatoms. The van der Waals surface area contributed by atoms with Crippen molar-refractivity contribution in [3.63, 3.8) is 0 Å². The lowest BCUT2D eigenvalue weighted by Gasteiger charge is -2.27. The van der Waals surface area contributed by atoms with Crippen molar-refractivity contribution in [2.24, 2.45) is 0 Å². The molecule has 6 N–H and O–H groups in total. The summed E-state index contributed by atoms with van der Waals surface area (Å²) in [7, 11) is -11.8. The molecule has 0 unspecified atom stereocenters. The van der Waals surface area contributed by atoms with Crippen molar-refractivity contribution in [1.29, 1.82) is 0 Å². The molecule has 0 spiro atoms. The third-order valence-corrected chi connectivity index (χ3v) is 7.98. The molecule has 0 saturated heterocycles. The Hall–Kier alpha value is -1.09. The van der Waals surface area contributed by atoms with Crippen LogP contribution in [0.25, 0.3) is 0 Å². The van der Waals surface area contributed by atoms with Gasteiger partial charge < -0.3 is 53.7 Å². The van der Waals surface area contributed by atoms with Crippen molar-refractivity contribution >= 4 is 33.2 Å². The van der Waals surface area contributed by atoms with Crippen molar-refractivity contribution < 1.29 is 67.1 Å². The summed E-state index contributed by atoms with van der Waals surface area (Å²) in [6.45, 7) is 3.01. The normalized spacial score (nSPS) is 12.5. The van der Waals surface area contributed by atoms with Gasteiger partial charge in [-0.2, -0.15) is 0 Å². The third kappa shape index (κ3) is 14.3. The van der Waals surface area contributed by atoms with E-state index < -0.39 is 38.4 Å². The Kier molecular flexibility index (Phi) is 17.6. The third-order valence-electron chi connectivity index (χ3n) is 4.29. The molecule has 0 atom stereocenters. The summed E-state index contributed by atoms with van der Waals surface area (Å²) in [4.78, 5) is 69.6.